The Morgan fingerprint density at radius 2 is 2.00 bits per heavy atom. The molecular weight excluding hydrogens is 329 g/mol. The van der Waals surface area contributed by atoms with Gasteiger partial charge in [-0.05, 0) is 54.1 Å². The normalized spacial score (nSPS) is 10.5. The highest BCUT2D eigenvalue weighted by Crippen LogP contribution is 2.21. The van der Waals surface area contributed by atoms with E-state index in [-0.39, 0.29) is 0 Å². The van der Waals surface area contributed by atoms with Crippen LogP contribution in [0.4, 0.5) is 0 Å². The number of nitrogens with zero attached hydrogens (tertiary/aromatic N) is 1. The monoisotopic (exact) mass is 341 g/mol. The Morgan fingerprint density at radius 1 is 1.29 bits per heavy atom. The Morgan fingerprint density at radius 3 is 2.59 bits per heavy atom. The van der Waals surface area contributed by atoms with Crippen molar-refractivity contribution in [2.75, 3.05) is 0 Å². The molecule has 1 heterocycles. The minimum absolute atomic E-state index is 0.293. The number of carboxylic acids is 1. The van der Waals surface area contributed by atoms with Gasteiger partial charge in [-0.25, -0.2) is 4.79 Å². The van der Waals surface area contributed by atoms with Crippen molar-refractivity contribution in [2.45, 2.75) is 13.8 Å². The molecule has 0 aliphatic heterocycles. The molecule has 0 fully saturated rings. The molecule has 0 aliphatic rings. The van der Waals surface area contributed by atoms with E-state index in [0.29, 0.717) is 5.69 Å². The molecule has 0 saturated heterocycles. The van der Waals surface area contributed by atoms with Gasteiger partial charge in [-0.1, -0.05) is 17.7 Å². The van der Waals surface area contributed by atoms with Crippen molar-refractivity contribution in [3.05, 3.63) is 50.9 Å². The summed E-state index contributed by atoms with van der Waals surface area (Å²) < 4.78 is 2.64. The molecule has 0 saturated carbocycles. The summed E-state index contributed by atoms with van der Waals surface area (Å²) in [5.74, 6) is -0.909. The van der Waals surface area contributed by atoms with Crippen LogP contribution in [0, 0.1) is 17.4 Å². The molecule has 4 heteroatoms. The Bertz CT molecular complexity index is 587. The number of hydrogen-bond acceptors (Lipinski definition) is 1. The van der Waals surface area contributed by atoms with Crippen molar-refractivity contribution in [2.24, 2.45) is 0 Å². The number of aryl methyl sites for hydroxylation is 2. The van der Waals surface area contributed by atoms with Gasteiger partial charge in [0.1, 0.15) is 5.69 Å². The van der Waals surface area contributed by atoms with Gasteiger partial charge < -0.3 is 9.67 Å². The van der Waals surface area contributed by atoms with E-state index < -0.39 is 5.97 Å². The SMILES string of the molecule is Cc1ccc(-n2cc(I)cc2C(=O)O)c(C)c1. The zero-order valence-corrected chi connectivity index (χ0v) is 11.7. The lowest BCUT2D eigenvalue weighted by molar-refractivity contribution is 0.0688. The lowest BCUT2D eigenvalue weighted by Crippen LogP contribution is -2.06. The van der Waals surface area contributed by atoms with Crippen molar-refractivity contribution in [1.82, 2.24) is 4.57 Å². The number of aromatic nitrogens is 1. The highest BCUT2D eigenvalue weighted by Gasteiger charge is 2.14. The van der Waals surface area contributed by atoms with Crippen LogP contribution in [0.25, 0.3) is 5.69 Å². The molecule has 17 heavy (non-hydrogen) atoms. The number of carboxylic acid groups (broad SMARTS) is 1. The quantitative estimate of drug-likeness (QED) is 0.851. The Kier molecular flexibility index (Phi) is 3.24. The molecule has 0 bridgehead atoms. The van der Waals surface area contributed by atoms with Crippen molar-refractivity contribution in [3.63, 3.8) is 0 Å². The number of carbonyl (C=O) groups is 1. The lowest BCUT2D eigenvalue weighted by Gasteiger charge is -2.10. The van der Waals surface area contributed by atoms with E-state index in [4.69, 9.17) is 5.11 Å². The summed E-state index contributed by atoms with van der Waals surface area (Å²) in [4.78, 5) is 11.2. The van der Waals surface area contributed by atoms with E-state index in [1.807, 2.05) is 38.2 Å². The zero-order chi connectivity index (χ0) is 12.6. The number of rotatable bonds is 2. The second-order valence-corrected chi connectivity index (χ2v) is 5.25. The van der Waals surface area contributed by atoms with Gasteiger partial charge in [-0.15, -0.1) is 0 Å². The van der Waals surface area contributed by atoms with Crippen LogP contribution in [0.3, 0.4) is 0 Å². The molecule has 1 aromatic heterocycles. The van der Waals surface area contributed by atoms with Gasteiger partial charge >= 0.3 is 5.97 Å². The fourth-order valence-electron chi connectivity index (χ4n) is 1.87. The summed E-state index contributed by atoms with van der Waals surface area (Å²) in [6.07, 6.45) is 1.84. The second-order valence-electron chi connectivity index (χ2n) is 4.01. The number of hydrogen-bond donors (Lipinski definition) is 1. The van der Waals surface area contributed by atoms with Gasteiger partial charge in [-0.2, -0.15) is 0 Å². The van der Waals surface area contributed by atoms with Crippen molar-refractivity contribution in [1.29, 1.82) is 0 Å². The van der Waals surface area contributed by atoms with Gasteiger partial charge in [0.15, 0.2) is 0 Å². The number of benzene rings is 1. The molecule has 1 N–H and O–H groups in total. The minimum Gasteiger partial charge on any atom is -0.477 e. The molecular formula is C13H12INO2. The molecule has 2 aromatic rings. The molecule has 0 unspecified atom stereocenters. The largest absolute Gasteiger partial charge is 0.477 e. The fraction of sp³-hybridized carbons (Fsp3) is 0.154. The first-order valence-electron chi connectivity index (χ1n) is 5.18. The lowest BCUT2D eigenvalue weighted by atomic mass is 10.1. The van der Waals surface area contributed by atoms with E-state index in [1.54, 1.807) is 10.6 Å². The van der Waals surface area contributed by atoms with Crippen LogP contribution in [0.15, 0.2) is 30.5 Å². The van der Waals surface area contributed by atoms with E-state index in [0.717, 1.165) is 14.8 Å². The molecule has 1 aromatic carbocycles. The van der Waals surface area contributed by atoms with Crippen LogP contribution in [-0.4, -0.2) is 15.6 Å². The Hall–Kier alpha value is -1.30. The van der Waals surface area contributed by atoms with Gasteiger partial charge in [0.2, 0.25) is 0 Å². The maximum absolute atomic E-state index is 11.2. The highest BCUT2D eigenvalue weighted by molar-refractivity contribution is 14.1. The van der Waals surface area contributed by atoms with E-state index in [1.165, 1.54) is 5.56 Å². The van der Waals surface area contributed by atoms with E-state index in [9.17, 15) is 4.79 Å². The maximum atomic E-state index is 11.2. The average molecular weight is 341 g/mol. The van der Waals surface area contributed by atoms with Crippen LogP contribution in [0.2, 0.25) is 0 Å². The summed E-state index contributed by atoms with van der Waals surface area (Å²) >= 11 is 2.12. The van der Waals surface area contributed by atoms with Crippen molar-refractivity contribution in [3.8, 4) is 5.69 Å². The maximum Gasteiger partial charge on any atom is 0.352 e. The fourth-order valence-corrected chi connectivity index (χ4v) is 2.44. The molecule has 0 radical (unpaired) electrons. The minimum atomic E-state index is -0.909. The first-order chi connectivity index (χ1) is 7.99. The van der Waals surface area contributed by atoms with Gasteiger partial charge in [0.05, 0.1) is 0 Å². The summed E-state index contributed by atoms with van der Waals surface area (Å²) in [6.45, 7) is 4.01. The molecule has 0 spiro atoms. The third kappa shape index (κ3) is 2.36. The highest BCUT2D eigenvalue weighted by atomic mass is 127. The Labute approximate surface area is 113 Å². The molecule has 0 atom stereocenters. The smallest absolute Gasteiger partial charge is 0.352 e. The average Bonchev–Trinajstić information content (AvgIpc) is 2.60. The van der Waals surface area contributed by atoms with Crippen molar-refractivity contribution >= 4 is 28.6 Å². The zero-order valence-electron chi connectivity index (χ0n) is 9.57. The first-order valence-corrected chi connectivity index (χ1v) is 6.25. The van der Waals surface area contributed by atoms with Crippen molar-refractivity contribution < 1.29 is 9.90 Å². The van der Waals surface area contributed by atoms with E-state index in [2.05, 4.69) is 22.6 Å². The van der Waals surface area contributed by atoms with Gasteiger partial charge in [-0.3, -0.25) is 0 Å². The number of halogens is 1. The molecule has 88 valence electrons. The van der Waals surface area contributed by atoms with Gasteiger partial charge in [0, 0.05) is 15.5 Å². The van der Waals surface area contributed by atoms with Crippen LogP contribution < -0.4 is 0 Å². The predicted octanol–water partition coefficient (Wildman–Crippen LogP) is 3.40. The third-order valence-electron chi connectivity index (χ3n) is 2.62. The third-order valence-corrected chi connectivity index (χ3v) is 3.21. The molecule has 3 nitrogen and oxygen atoms in total. The van der Waals surface area contributed by atoms with Crippen LogP contribution in [0.5, 0.6) is 0 Å². The van der Waals surface area contributed by atoms with Crippen LogP contribution in [0.1, 0.15) is 21.6 Å². The first kappa shape index (κ1) is 12.2. The number of aromatic carboxylic acids is 1. The van der Waals surface area contributed by atoms with Crippen LogP contribution in [-0.2, 0) is 0 Å². The Balaban J connectivity index is 2.63. The van der Waals surface area contributed by atoms with E-state index >= 15 is 0 Å². The topological polar surface area (TPSA) is 42.2 Å². The van der Waals surface area contributed by atoms with Crippen LogP contribution >= 0.6 is 22.6 Å². The standard InChI is InChI=1S/C13H12INO2/c1-8-3-4-11(9(2)5-8)15-7-10(14)6-12(15)13(16)17/h3-7H,1-2H3,(H,16,17). The summed E-state index contributed by atoms with van der Waals surface area (Å²) in [7, 11) is 0. The summed E-state index contributed by atoms with van der Waals surface area (Å²) in [5.41, 5.74) is 3.45. The second kappa shape index (κ2) is 4.52. The molecule has 2 rings (SSSR count). The van der Waals surface area contributed by atoms with Gasteiger partial charge in [0.25, 0.3) is 0 Å². The molecule has 0 amide bonds. The molecule has 0 aliphatic carbocycles. The predicted molar refractivity (Wildman–Crippen MR) is 74.9 cm³/mol. The summed E-state index contributed by atoms with van der Waals surface area (Å²) in [5, 5.41) is 9.16. The summed E-state index contributed by atoms with van der Waals surface area (Å²) in [6, 6.07) is 7.66.